The van der Waals surface area contributed by atoms with Gasteiger partial charge in [0.25, 0.3) is 0 Å². The second kappa shape index (κ2) is 10.6. The van der Waals surface area contributed by atoms with Crippen molar-refractivity contribution < 1.29 is 14.3 Å². The molecule has 1 saturated carbocycles. The number of carbonyl (C=O) groups excluding carboxylic acids is 2. The minimum absolute atomic E-state index is 0.0918. The first-order valence-corrected chi connectivity index (χ1v) is 9.14. The first-order valence-electron chi connectivity index (χ1n) is 9.14. The molecule has 0 aromatic heterocycles. The second-order valence-corrected chi connectivity index (χ2v) is 6.50. The summed E-state index contributed by atoms with van der Waals surface area (Å²) in [6, 6.07) is 7.89. The van der Waals surface area contributed by atoms with Crippen LogP contribution < -0.4 is 20.7 Å². The third kappa shape index (κ3) is 7.92. The molecule has 0 atom stereocenters. The number of urea groups is 1. The molecule has 1 aromatic rings. The van der Waals surface area contributed by atoms with Gasteiger partial charge in [0.1, 0.15) is 12.4 Å². The van der Waals surface area contributed by atoms with E-state index in [0.29, 0.717) is 19.7 Å². The lowest BCUT2D eigenvalue weighted by atomic mass is 9.96. The highest BCUT2D eigenvalue weighted by Crippen LogP contribution is 2.17. The Hall–Kier alpha value is -2.24. The summed E-state index contributed by atoms with van der Waals surface area (Å²) in [4.78, 5) is 23.5. The summed E-state index contributed by atoms with van der Waals surface area (Å²) in [5, 5.41) is 8.49. The van der Waals surface area contributed by atoms with Crippen LogP contribution in [0, 0.1) is 6.92 Å². The van der Waals surface area contributed by atoms with E-state index in [2.05, 4.69) is 16.0 Å². The Labute approximate surface area is 149 Å². The predicted molar refractivity (Wildman–Crippen MR) is 97.7 cm³/mol. The molecule has 0 heterocycles. The summed E-state index contributed by atoms with van der Waals surface area (Å²) >= 11 is 0. The van der Waals surface area contributed by atoms with Crippen LogP contribution in [-0.4, -0.2) is 37.7 Å². The van der Waals surface area contributed by atoms with Crippen molar-refractivity contribution in [1.82, 2.24) is 16.0 Å². The fourth-order valence-electron chi connectivity index (χ4n) is 2.93. The fourth-order valence-corrected chi connectivity index (χ4v) is 2.93. The highest BCUT2D eigenvalue weighted by molar-refractivity contribution is 5.78. The summed E-state index contributed by atoms with van der Waals surface area (Å²) in [5.41, 5.74) is 1.14. The predicted octanol–water partition coefficient (Wildman–Crippen LogP) is 2.51. The third-order valence-electron chi connectivity index (χ3n) is 4.26. The van der Waals surface area contributed by atoms with Crippen molar-refractivity contribution in [1.29, 1.82) is 0 Å². The minimum atomic E-state index is -0.178. The molecule has 6 heteroatoms. The normalized spacial score (nSPS) is 14.6. The lowest BCUT2D eigenvalue weighted by Gasteiger charge is -2.22. The van der Waals surface area contributed by atoms with Gasteiger partial charge in [0.05, 0.1) is 6.54 Å². The number of carbonyl (C=O) groups is 2. The van der Waals surface area contributed by atoms with E-state index >= 15 is 0 Å². The zero-order valence-corrected chi connectivity index (χ0v) is 15.0. The fraction of sp³-hybridized carbons (Fsp3) is 0.579. The number of hydrogen-bond donors (Lipinski definition) is 3. The maximum atomic E-state index is 11.8. The molecule has 1 fully saturated rings. The van der Waals surface area contributed by atoms with Crippen molar-refractivity contribution in [3.05, 3.63) is 29.8 Å². The van der Waals surface area contributed by atoms with E-state index in [1.54, 1.807) is 0 Å². The van der Waals surface area contributed by atoms with Crippen LogP contribution in [0.15, 0.2) is 24.3 Å². The van der Waals surface area contributed by atoms with Crippen molar-refractivity contribution in [2.45, 2.75) is 51.5 Å². The van der Waals surface area contributed by atoms with Crippen molar-refractivity contribution in [3.63, 3.8) is 0 Å². The van der Waals surface area contributed by atoms with Gasteiger partial charge in [-0.1, -0.05) is 31.4 Å². The minimum Gasteiger partial charge on any atom is -0.492 e. The first kappa shape index (κ1) is 19.1. The zero-order valence-electron chi connectivity index (χ0n) is 15.0. The van der Waals surface area contributed by atoms with Crippen LogP contribution in [0.5, 0.6) is 5.75 Å². The van der Waals surface area contributed by atoms with Crippen molar-refractivity contribution >= 4 is 11.9 Å². The van der Waals surface area contributed by atoms with Gasteiger partial charge in [-0.25, -0.2) is 4.79 Å². The second-order valence-electron chi connectivity index (χ2n) is 6.50. The molecule has 0 saturated heterocycles. The van der Waals surface area contributed by atoms with Gasteiger partial charge in [0, 0.05) is 19.0 Å². The highest BCUT2D eigenvalue weighted by Gasteiger charge is 2.15. The highest BCUT2D eigenvalue weighted by atomic mass is 16.5. The molecule has 6 nitrogen and oxygen atoms in total. The smallest absolute Gasteiger partial charge is 0.315 e. The van der Waals surface area contributed by atoms with Crippen LogP contribution in [0.2, 0.25) is 0 Å². The molecule has 138 valence electrons. The van der Waals surface area contributed by atoms with Gasteiger partial charge in [0.15, 0.2) is 0 Å². The molecule has 0 aliphatic heterocycles. The lowest BCUT2D eigenvalue weighted by Crippen LogP contribution is -2.44. The molecule has 3 amide bonds. The van der Waals surface area contributed by atoms with E-state index in [0.717, 1.165) is 24.2 Å². The standard InChI is InChI=1S/C19H29N3O3/c1-15-6-5-9-17(14-15)25-13-12-20-18(23)10-11-21-19(24)22-16-7-3-2-4-8-16/h5-6,9,14,16H,2-4,7-8,10-13H2,1H3,(H,20,23)(H2,21,22,24). The van der Waals surface area contributed by atoms with Gasteiger partial charge in [-0.2, -0.15) is 0 Å². The number of ether oxygens (including phenoxy) is 1. The number of benzene rings is 1. The van der Waals surface area contributed by atoms with Gasteiger partial charge < -0.3 is 20.7 Å². The van der Waals surface area contributed by atoms with Crippen molar-refractivity contribution in [2.24, 2.45) is 0 Å². The van der Waals surface area contributed by atoms with Crippen LogP contribution in [-0.2, 0) is 4.79 Å². The van der Waals surface area contributed by atoms with E-state index in [4.69, 9.17) is 4.74 Å². The number of amides is 3. The molecule has 0 unspecified atom stereocenters. The topological polar surface area (TPSA) is 79.5 Å². The number of rotatable bonds is 8. The molecule has 1 aromatic carbocycles. The molecule has 0 bridgehead atoms. The average molecular weight is 347 g/mol. The maximum absolute atomic E-state index is 11.8. The lowest BCUT2D eigenvalue weighted by molar-refractivity contribution is -0.121. The first-order chi connectivity index (χ1) is 12.1. The number of aryl methyl sites for hydroxylation is 1. The van der Waals surface area contributed by atoms with Gasteiger partial charge in [-0.3, -0.25) is 4.79 Å². The third-order valence-corrected chi connectivity index (χ3v) is 4.26. The van der Waals surface area contributed by atoms with Crippen molar-refractivity contribution in [2.75, 3.05) is 19.7 Å². The number of nitrogens with one attached hydrogen (secondary N) is 3. The summed E-state index contributed by atoms with van der Waals surface area (Å²) in [6.45, 7) is 3.21. The summed E-state index contributed by atoms with van der Waals surface area (Å²) in [5.74, 6) is 0.709. The molecule has 2 rings (SSSR count). The van der Waals surface area contributed by atoms with Crippen LogP contribution in [0.4, 0.5) is 4.79 Å². The van der Waals surface area contributed by atoms with Crippen LogP contribution in [0.1, 0.15) is 44.1 Å². The van der Waals surface area contributed by atoms with Crippen LogP contribution in [0.25, 0.3) is 0 Å². The van der Waals surface area contributed by atoms with E-state index in [1.807, 2.05) is 31.2 Å². The van der Waals surface area contributed by atoms with Gasteiger partial charge in [0.2, 0.25) is 5.91 Å². The van der Waals surface area contributed by atoms with Crippen molar-refractivity contribution in [3.8, 4) is 5.75 Å². The Morgan fingerprint density at radius 1 is 1.12 bits per heavy atom. The Morgan fingerprint density at radius 2 is 1.92 bits per heavy atom. The molecule has 3 N–H and O–H groups in total. The van der Waals surface area contributed by atoms with Gasteiger partial charge in [-0.05, 0) is 37.5 Å². The number of hydrogen-bond acceptors (Lipinski definition) is 3. The quantitative estimate of drug-likeness (QED) is 0.632. The van der Waals surface area contributed by atoms with E-state index in [1.165, 1.54) is 19.3 Å². The molecule has 0 spiro atoms. The zero-order chi connectivity index (χ0) is 17.9. The SMILES string of the molecule is Cc1cccc(OCCNC(=O)CCNC(=O)NC2CCCCC2)c1. The van der Waals surface area contributed by atoms with Crippen LogP contribution >= 0.6 is 0 Å². The van der Waals surface area contributed by atoms with Crippen LogP contribution in [0.3, 0.4) is 0 Å². The molecular weight excluding hydrogens is 318 g/mol. The summed E-state index contributed by atoms with van der Waals surface area (Å²) in [7, 11) is 0. The van der Waals surface area contributed by atoms with Gasteiger partial charge >= 0.3 is 6.03 Å². The van der Waals surface area contributed by atoms with E-state index < -0.39 is 0 Å². The van der Waals surface area contributed by atoms with Gasteiger partial charge in [-0.15, -0.1) is 0 Å². The monoisotopic (exact) mass is 347 g/mol. The molecule has 0 radical (unpaired) electrons. The molecule has 1 aliphatic carbocycles. The largest absolute Gasteiger partial charge is 0.492 e. The van der Waals surface area contributed by atoms with E-state index in [9.17, 15) is 9.59 Å². The van der Waals surface area contributed by atoms with E-state index in [-0.39, 0.29) is 24.4 Å². The molecule has 25 heavy (non-hydrogen) atoms. The Bertz CT molecular complexity index is 557. The molecular formula is C19H29N3O3. The Kier molecular flexibility index (Phi) is 8.09. The Morgan fingerprint density at radius 3 is 2.68 bits per heavy atom. The summed E-state index contributed by atoms with van der Waals surface area (Å²) < 4.78 is 5.57. The summed E-state index contributed by atoms with van der Waals surface area (Å²) in [6.07, 6.45) is 5.98. The molecule has 1 aliphatic rings. The average Bonchev–Trinajstić information content (AvgIpc) is 2.60. The Balaban J connectivity index is 1.49. The maximum Gasteiger partial charge on any atom is 0.315 e.